The highest BCUT2D eigenvalue weighted by Gasteiger charge is 2.37. The van der Waals surface area contributed by atoms with E-state index in [1.165, 1.54) is 16.9 Å². The summed E-state index contributed by atoms with van der Waals surface area (Å²) in [6, 6.07) is 9.25. The topological polar surface area (TPSA) is 3.24 Å². The molecule has 1 aromatic carbocycles. The van der Waals surface area contributed by atoms with E-state index in [1.807, 2.05) is 0 Å². The second-order valence-corrected chi connectivity index (χ2v) is 5.92. The first-order valence-corrected chi connectivity index (χ1v) is 7.46. The largest absolute Gasteiger partial charge is 0.334 e. The number of rotatable bonds is 1. The highest BCUT2D eigenvalue weighted by molar-refractivity contribution is 5.70. The van der Waals surface area contributed by atoms with Crippen LogP contribution in [0.1, 0.15) is 24.8 Å². The van der Waals surface area contributed by atoms with Gasteiger partial charge < -0.3 is 4.90 Å². The standard InChI is InChI=1S/C19H19N/c1-14-10-12-15(13-11-14)20-18-8-4-2-6-16(18)17-7-3-5-9-19(17)20/h2-10,12-14,16,18H,11H2,1H3. The molecule has 0 saturated carbocycles. The third-order valence-electron chi connectivity index (χ3n) is 4.53. The molecule has 0 amide bonds. The second-order valence-electron chi connectivity index (χ2n) is 5.92. The SMILES string of the molecule is CC1C=CC(N2c3ccccc3C3C=CC=CC32)=CC1. The second kappa shape index (κ2) is 4.52. The maximum atomic E-state index is 2.50. The van der Waals surface area contributed by atoms with Crippen molar-refractivity contribution in [1.29, 1.82) is 0 Å². The van der Waals surface area contributed by atoms with Crippen molar-refractivity contribution in [2.24, 2.45) is 5.92 Å². The van der Waals surface area contributed by atoms with Gasteiger partial charge in [-0.05, 0) is 30.0 Å². The van der Waals surface area contributed by atoms with Crippen LogP contribution in [0, 0.1) is 5.92 Å². The van der Waals surface area contributed by atoms with Gasteiger partial charge in [0.25, 0.3) is 0 Å². The zero-order valence-electron chi connectivity index (χ0n) is 11.7. The first kappa shape index (κ1) is 11.8. The molecule has 3 atom stereocenters. The first-order chi connectivity index (χ1) is 9.84. The third-order valence-corrected chi connectivity index (χ3v) is 4.53. The maximum absolute atomic E-state index is 2.50. The molecule has 0 aromatic heterocycles. The van der Waals surface area contributed by atoms with Gasteiger partial charge >= 0.3 is 0 Å². The Bertz CT molecular complexity index is 647. The van der Waals surface area contributed by atoms with Crippen molar-refractivity contribution in [1.82, 2.24) is 0 Å². The van der Waals surface area contributed by atoms with Crippen molar-refractivity contribution in [3.63, 3.8) is 0 Å². The lowest BCUT2D eigenvalue weighted by molar-refractivity contribution is 0.696. The van der Waals surface area contributed by atoms with Gasteiger partial charge in [-0.25, -0.2) is 0 Å². The van der Waals surface area contributed by atoms with Crippen molar-refractivity contribution in [2.75, 3.05) is 4.90 Å². The van der Waals surface area contributed by atoms with Crippen molar-refractivity contribution in [3.05, 3.63) is 78.1 Å². The number of anilines is 1. The minimum absolute atomic E-state index is 0.432. The quantitative estimate of drug-likeness (QED) is 0.716. The number of para-hydroxylation sites is 1. The van der Waals surface area contributed by atoms with Crippen molar-refractivity contribution in [2.45, 2.75) is 25.3 Å². The van der Waals surface area contributed by atoms with E-state index in [0.29, 0.717) is 17.9 Å². The normalized spacial score (nSPS) is 30.1. The van der Waals surface area contributed by atoms with Gasteiger partial charge in [-0.2, -0.15) is 0 Å². The van der Waals surface area contributed by atoms with Crippen LogP contribution in [0.15, 0.2) is 72.5 Å². The molecular formula is C19H19N. The Morgan fingerprint density at radius 2 is 1.90 bits per heavy atom. The number of fused-ring (bicyclic) bond motifs is 3. The van der Waals surface area contributed by atoms with Gasteiger partial charge in [-0.3, -0.25) is 0 Å². The van der Waals surface area contributed by atoms with Crippen molar-refractivity contribution >= 4 is 5.69 Å². The van der Waals surface area contributed by atoms with E-state index in [4.69, 9.17) is 0 Å². The number of allylic oxidation sites excluding steroid dienone is 5. The Kier molecular flexibility index (Phi) is 2.66. The molecule has 3 unspecified atom stereocenters. The van der Waals surface area contributed by atoms with E-state index >= 15 is 0 Å². The van der Waals surface area contributed by atoms with Gasteiger partial charge in [0.1, 0.15) is 0 Å². The van der Waals surface area contributed by atoms with Crippen LogP contribution in [-0.4, -0.2) is 6.04 Å². The minimum atomic E-state index is 0.432. The van der Waals surface area contributed by atoms with Gasteiger partial charge in [-0.1, -0.05) is 61.6 Å². The Hall–Kier alpha value is -2.02. The van der Waals surface area contributed by atoms with Crippen LogP contribution in [0.4, 0.5) is 5.69 Å². The summed E-state index contributed by atoms with van der Waals surface area (Å²) in [4.78, 5) is 2.50. The Morgan fingerprint density at radius 1 is 1.05 bits per heavy atom. The lowest BCUT2D eigenvalue weighted by atomic mass is 9.91. The smallest absolute Gasteiger partial charge is 0.0629 e. The van der Waals surface area contributed by atoms with Crippen LogP contribution in [0.5, 0.6) is 0 Å². The summed E-state index contributed by atoms with van der Waals surface area (Å²) in [5, 5.41) is 0. The molecule has 20 heavy (non-hydrogen) atoms. The molecule has 2 aliphatic carbocycles. The Morgan fingerprint density at radius 3 is 2.75 bits per heavy atom. The average Bonchev–Trinajstić information content (AvgIpc) is 2.83. The van der Waals surface area contributed by atoms with Crippen LogP contribution < -0.4 is 4.90 Å². The number of nitrogens with zero attached hydrogens (tertiary/aromatic N) is 1. The number of hydrogen-bond acceptors (Lipinski definition) is 1. The molecular weight excluding hydrogens is 242 g/mol. The van der Waals surface area contributed by atoms with E-state index in [0.717, 1.165) is 6.42 Å². The molecule has 1 aliphatic heterocycles. The molecule has 0 radical (unpaired) electrons. The fraction of sp³-hybridized carbons (Fsp3) is 0.263. The monoisotopic (exact) mass is 261 g/mol. The van der Waals surface area contributed by atoms with Crippen molar-refractivity contribution in [3.8, 4) is 0 Å². The first-order valence-electron chi connectivity index (χ1n) is 7.46. The van der Waals surface area contributed by atoms with E-state index in [1.54, 1.807) is 0 Å². The van der Waals surface area contributed by atoms with Gasteiger partial charge in [0.05, 0.1) is 6.04 Å². The predicted molar refractivity (Wildman–Crippen MR) is 84.7 cm³/mol. The minimum Gasteiger partial charge on any atom is -0.334 e. The molecule has 4 rings (SSSR count). The molecule has 1 heterocycles. The summed E-state index contributed by atoms with van der Waals surface area (Å²) in [6.45, 7) is 2.27. The van der Waals surface area contributed by atoms with Crippen LogP contribution in [0.3, 0.4) is 0 Å². The average molecular weight is 261 g/mol. The summed E-state index contributed by atoms with van der Waals surface area (Å²) in [7, 11) is 0. The summed E-state index contributed by atoms with van der Waals surface area (Å²) in [5.74, 6) is 1.15. The molecule has 1 nitrogen and oxygen atoms in total. The molecule has 0 bridgehead atoms. The Labute approximate surface area is 120 Å². The molecule has 1 heteroatoms. The van der Waals surface area contributed by atoms with E-state index in [-0.39, 0.29) is 0 Å². The maximum Gasteiger partial charge on any atom is 0.0629 e. The van der Waals surface area contributed by atoms with Crippen LogP contribution in [-0.2, 0) is 0 Å². The van der Waals surface area contributed by atoms with Crippen LogP contribution in [0.25, 0.3) is 0 Å². The van der Waals surface area contributed by atoms with Gasteiger partial charge in [-0.15, -0.1) is 0 Å². The highest BCUT2D eigenvalue weighted by atomic mass is 15.2. The lowest BCUT2D eigenvalue weighted by Crippen LogP contribution is -2.32. The van der Waals surface area contributed by atoms with Gasteiger partial charge in [0.15, 0.2) is 0 Å². The third kappa shape index (κ3) is 1.70. The van der Waals surface area contributed by atoms with Gasteiger partial charge in [0.2, 0.25) is 0 Å². The molecule has 0 spiro atoms. The van der Waals surface area contributed by atoms with E-state index in [9.17, 15) is 0 Å². The summed E-state index contributed by atoms with van der Waals surface area (Å²) < 4.78 is 0. The summed E-state index contributed by atoms with van der Waals surface area (Å²) >= 11 is 0. The zero-order valence-corrected chi connectivity index (χ0v) is 11.7. The predicted octanol–water partition coefficient (Wildman–Crippen LogP) is 4.56. The summed E-state index contributed by atoms with van der Waals surface area (Å²) in [6.07, 6.45) is 17.2. The lowest BCUT2D eigenvalue weighted by Gasteiger charge is -2.31. The zero-order chi connectivity index (χ0) is 13.5. The summed E-state index contributed by atoms with van der Waals surface area (Å²) in [5.41, 5.74) is 4.16. The highest BCUT2D eigenvalue weighted by Crippen LogP contribution is 2.46. The Balaban J connectivity index is 1.81. The van der Waals surface area contributed by atoms with Crippen LogP contribution >= 0.6 is 0 Å². The number of hydrogen-bond donors (Lipinski definition) is 0. The van der Waals surface area contributed by atoms with Crippen molar-refractivity contribution < 1.29 is 0 Å². The molecule has 3 aliphatic rings. The number of benzene rings is 1. The van der Waals surface area contributed by atoms with E-state index < -0.39 is 0 Å². The molecule has 0 N–H and O–H groups in total. The fourth-order valence-corrected chi connectivity index (χ4v) is 3.49. The molecule has 0 fully saturated rings. The van der Waals surface area contributed by atoms with E-state index in [2.05, 4.69) is 78.6 Å². The molecule has 1 aromatic rings. The molecule has 0 saturated heterocycles. The van der Waals surface area contributed by atoms with Crippen LogP contribution in [0.2, 0.25) is 0 Å². The molecule has 100 valence electrons. The van der Waals surface area contributed by atoms with Gasteiger partial charge in [0, 0.05) is 17.3 Å². The fourth-order valence-electron chi connectivity index (χ4n) is 3.49.